The molecule has 0 bridgehead atoms. The minimum Gasteiger partial charge on any atom is -0.452 e. The van der Waals surface area contributed by atoms with E-state index in [9.17, 15) is 22.4 Å². The molecule has 178 valence electrons. The smallest absolute Gasteiger partial charge is 0.311 e. The number of aromatic nitrogens is 1. The van der Waals surface area contributed by atoms with Crippen molar-refractivity contribution in [2.24, 2.45) is 5.92 Å². The molecule has 10 heteroatoms. The molecule has 0 saturated carbocycles. The number of nitrogens with zero attached hydrogens (tertiary/aromatic N) is 2. The Morgan fingerprint density at radius 3 is 2.68 bits per heavy atom. The van der Waals surface area contributed by atoms with Crippen LogP contribution in [0.5, 0.6) is 0 Å². The third kappa shape index (κ3) is 5.07. The van der Waals surface area contributed by atoms with Crippen molar-refractivity contribution in [3.8, 4) is 0 Å². The highest BCUT2D eigenvalue weighted by atomic mass is 32.2. The third-order valence-electron chi connectivity index (χ3n) is 5.73. The molecule has 1 fully saturated rings. The number of carbonyl (C=O) groups is 2. The van der Waals surface area contributed by atoms with E-state index in [0.29, 0.717) is 18.5 Å². The van der Waals surface area contributed by atoms with Gasteiger partial charge in [-0.2, -0.15) is 4.31 Å². The molecule has 34 heavy (non-hydrogen) atoms. The Morgan fingerprint density at radius 1 is 1.15 bits per heavy atom. The molecule has 1 aliphatic heterocycles. The topological polar surface area (TPSA) is 106 Å². The van der Waals surface area contributed by atoms with E-state index in [1.165, 1.54) is 23.4 Å². The van der Waals surface area contributed by atoms with Crippen molar-refractivity contribution in [2.75, 3.05) is 18.4 Å². The van der Waals surface area contributed by atoms with Gasteiger partial charge in [0.25, 0.3) is 5.91 Å². The Balaban J connectivity index is 1.39. The summed E-state index contributed by atoms with van der Waals surface area (Å²) in [5.41, 5.74) is 1.27. The van der Waals surface area contributed by atoms with Crippen LogP contribution in [0.3, 0.4) is 0 Å². The van der Waals surface area contributed by atoms with Crippen LogP contribution in [0.1, 0.15) is 19.8 Å². The Bertz CT molecular complexity index is 1310. The Morgan fingerprint density at radius 2 is 1.91 bits per heavy atom. The van der Waals surface area contributed by atoms with E-state index in [0.717, 1.165) is 23.0 Å². The molecule has 4 rings (SSSR count). The minimum atomic E-state index is -3.88. The summed E-state index contributed by atoms with van der Waals surface area (Å²) in [7, 11) is -3.88. The summed E-state index contributed by atoms with van der Waals surface area (Å²) in [6.45, 7) is 1.64. The number of rotatable bonds is 6. The van der Waals surface area contributed by atoms with Crippen molar-refractivity contribution in [3.05, 3.63) is 66.6 Å². The average molecular weight is 486 g/mol. The quantitative estimate of drug-likeness (QED) is 0.537. The van der Waals surface area contributed by atoms with Crippen LogP contribution in [0.2, 0.25) is 0 Å². The van der Waals surface area contributed by atoms with E-state index in [-0.39, 0.29) is 18.0 Å². The zero-order valence-corrected chi connectivity index (χ0v) is 19.3. The number of esters is 1. The number of pyridine rings is 1. The van der Waals surface area contributed by atoms with Gasteiger partial charge in [-0.3, -0.25) is 14.6 Å². The van der Waals surface area contributed by atoms with Gasteiger partial charge >= 0.3 is 5.97 Å². The summed E-state index contributed by atoms with van der Waals surface area (Å²) < 4.78 is 45.5. The van der Waals surface area contributed by atoms with Gasteiger partial charge in [-0.05, 0) is 68.3 Å². The van der Waals surface area contributed by atoms with Gasteiger partial charge < -0.3 is 10.1 Å². The molecule has 0 aliphatic carbocycles. The van der Waals surface area contributed by atoms with E-state index in [1.54, 1.807) is 24.4 Å². The molecule has 1 amide bonds. The molecule has 8 nitrogen and oxygen atoms in total. The second-order valence-corrected chi connectivity index (χ2v) is 10.0. The maximum Gasteiger partial charge on any atom is 0.311 e. The fourth-order valence-corrected chi connectivity index (χ4v) is 5.40. The van der Waals surface area contributed by atoms with Gasteiger partial charge in [0.05, 0.1) is 22.0 Å². The standard InChI is InChI=1S/C24H24FN3O5S/c1-16(23(29)27-22-8-2-7-21-20(22)6-3-13-26-21)33-24(30)17-5-4-14-28(15-17)34(31,32)19-11-9-18(25)10-12-19/h2-3,6-13,16-17H,4-5,14-15H2,1H3,(H,27,29). The average Bonchev–Trinajstić information content (AvgIpc) is 2.84. The van der Waals surface area contributed by atoms with Gasteiger partial charge in [0.2, 0.25) is 10.0 Å². The first kappa shape index (κ1) is 23.8. The van der Waals surface area contributed by atoms with Crippen molar-refractivity contribution < 1.29 is 27.1 Å². The van der Waals surface area contributed by atoms with Crippen LogP contribution in [0.15, 0.2) is 65.7 Å². The number of anilines is 1. The van der Waals surface area contributed by atoms with Gasteiger partial charge in [-0.1, -0.05) is 6.07 Å². The van der Waals surface area contributed by atoms with Crippen molar-refractivity contribution in [2.45, 2.75) is 30.8 Å². The summed E-state index contributed by atoms with van der Waals surface area (Å²) in [6, 6.07) is 13.5. The zero-order valence-electron chi connectivity index (χ0n) is 18.5. The van der Waals surface area contributed by atoms with E-state index in [2.05, 4.69) is 10.3 Å². The molecule has 2 unspecified atom stereocenters. The molecule has 2 heterocycles. The number of amides is 1. The second kappa shape index (κ2) is 9.86. The number of ether oxygens (including phenoxy) is 1. The van der Waals surface area contributed by atoms with E-state index in [4.69, 9.17) is 4.74 Å². The SMILES string of the molecule is CC(OC(=O)C1CCCN(S(=O)(=O)c2ccc(F)cc2)C1)C(=O)Nc1cccc2ncccc12. The molecule has 3 aromatic rings. The van der Waals surface area contributed by atoms with Crippen LogP contribution >= 0.6 is 0 Å². The van der Waals surface area contributed by atoms with Crippen molar-refractivity contribution in [1.82, 2.24) is 9.29 Å². The highest BCUT2D eigenvalue weighted by Crippen LogP contribution is 2.26. The normalized spacial score (nSPS) is 17.8. The predicted octanol–water partition coefficient (Wildman–Crippen LogP) is 3.35. The van der Waals surface area contributed by atoms with E-state index < -0.39 is 39.7 Å². The molecular formula is C24H24FN3O5S. The first-order valence-corrected chi connectivity index (χ1v) is 12.3. The van der Waals surface area contributed by atoms with Crippen LogP contribution < -0.4 is 5.32 Å². The lowest BCUT2D eigenvalue weighted by Gasteiger charge is -2.31. The highest BCUT2D eigenvalue weighted by Gasteiger charge is 2.35. The lowest BCUT2D eigenvalue weighted by atomic mass is 10.00. The fraction of sp³-hybridized carbons (Fsp3) is 0.292. The first-order valence-electron chi connectivity index (χ1n) is 10.9. The summed E-state index contributed by atoms with van der Waals surface area (Å²) >= 11 is 0. The maximum atomic E-state index is 13.2. The lowest BCUT2D eigenvalue weighted by Crippen LogP contribution is -2.44. The number of halogens is 1. The monoisotopic (exact) mass is 485 g/mol. The molecule has 0 radical (unpaired) electrons. The Labute approximate surface area is 196 Å². The molecule has 1 aliphatic rings. The van der Waals surface area contributed by atoms with Gasteiger partial charge in [-0.15, -0.1) is 0 Å². The van der Waals surface area contributed by atoms with Gasteiger partial charge in [0.15, 0.2) is 6.10 Å². The number of nitrogens with one attached hydrogen (secondary N) is 1. The second-order valence-electron chi connectivity index (χ2n) is 8.10. The van der Waals surface area contributed by atoms with Crippen molar-refractivity contribution >= 4 is 38.5 Å². The predicted molar refractivity (Wildman–Crippen MR) is 124 cm³/mol. The van der Waals surface area contributed by atoms with E-state index >= 15 is 0 Å². The van der Waals surface area contributed by atoms with Crippen LogP contribution in [0.4, 0.5) is 10.1 Å². The van der Waals surface area contributed by atoms with Crippen molar-refractivity contribution in [3.63, 3.8) is 0 Å². The molecular weight excluding hydrogens is 461 g/mol. The van der Waals surface area contributed by atoms with E-state index in [1.807, 2.05) is 12.1 Å². The third-order valence-corrected chi connectivity index (χ3v) is 7.61. The first-order chi connectivity index (χ1) is 16.3. The largest absolute Gasteiger partial charge is 0.452 e. The van der Waals surface area contributed by atoms with Crippen LogP contribution in [0, 0.1) is 11.7 Å². The molecule has 1 N–H and O–H groups in total. The number of hydrogen-bond acceptors (Lipinski definition) is 6. The van der Waals surface area contributed by atoms with Crippen molar-refractivity contribution in [1.29, 1.82) is 0 Å². The van der Waals surface area contributed by atoms with Gasteiger partial charge in [0, 0.05) is 24.7 Å². The number of fused-ring (bicyclic) bond motifs is 1. The van der Waals surface area contributed by atoms with Crippen LogP contribution in [0.25, 0.3) is 10.9 Å². The maximum absolute atomic E-state index is 13.2. The lowest BCUT2D eigenvalue weighted by molar-refractivity contribution is -0.158. The number of carbonyl (C=O) groups excluding carboxylic acids is 2. The zero-order chi connectivity index (χ0) is 24.3. The number of piperidine rings is 1. The highest BCUT2D eigenvalue weighted by molar-refractivity contribution is 7.89. The minimum absolute atomic E-state index is 0.0414. The Hall–Kier alpha value is -3.37. The molecule has 0 spiro atoms. The van der Waals surface area contributed by atoms with Crippen LogP contribution in [-0.2, 0) is 24.3 Å². The van der Waals surface area contributed by atoms with Gasteiger partial charge in [0.1, 0.15) is 5.82 Å². The summed E-state index contributed by atoms with van der Waals surface area (Å²) in [6.07, 6.45) is 1.48. The number of hydrogen-bond donors (Lipinski definition) is 1. The number of sulfonamides is 1. The molecule has 1 aromatic heterocycles. The summed E-state index contributed by atoms with van der Waals surface area (Å²) in [5.74, 6) is -2.38. The molecule has 2 atom stereocenters. The molecule has 1 saturated heterocycles. The fourth-order valence-electron chi connectivity index (χ4n) is 3.88. The molecule has 2 aromatic carbocycles. The number of benzene rings is 2. The van der Waals surface area contributed by atoms with Crippen LogP contribution in [-0.4, -0.2) is 48.8 Å². The summed E-state index contributed by atoms with van der Waals surface area (Å²) in [4.78, 5) is 29.6. The summed E-state index contributed by atoms with van der Waals surface area (Å²) in [5, 5.41) is 3.51. The van der Waals surface area contributed by atoms with Gasteiger partial charge in [-0.25, -0.2) is 12.8 Å². The Kier molecular flexibility index (Phi) is 6.90.